The van der Waals surface area contributed by atoms with Crippen LogP contribution in [0.2, 0.25) is 0 Å². The van der Waals surface area contributed by atoms with Crippen molar-refractivity contribution in [3.63, 3.8) is 0 Å². The van der Waals surface area contributed by atoms with Gasteiger partial charge < -0.3 is 10.6 Å². The smallest absolute Gasteiger partial charge is 0.226 e. The molecule has 0 spiro atoms. The lowest BCUT2D eigenvalue weighted by molar-refractivity contribution is -0.140. The summed E-state index contributed by atoms with van der Waals surface area (Å²) in [5.74, 6) is 0.871. The molecule has 4 nitrogen and oxygen atoms in total. The minimum atomic E-state index is 0.150. The van der Waals surface area contributed by atoms with Gasteiger partial charge in [-0.25, -0.2) is 4.98 Å². The van der Waals surface area contributed by atoms with Gasteiger partial charge in [0.1, 0.15) is 5.01 Å². The minimum absolute atomic E-state index is 0.150. The van der Waals surface area contributed by atoms with Gasteiger partial charge in [0.05, 0.1) is 6.04 Å². The quantitative estimate of drug-likeness (QED) is 0.934. The van der Waals surface area contributed by atoms with Crippen molar-refractivity contribution in [2.75, 3.05) is 13.1 Å². The zero-order chi connectivity index (χ0) is 14.8. The largest absolute Gasteiger partial charge is 0.333 e. The number of rotatable bonds is 3. The maximum Gasteiger partial charge on any atom is 0.226 e. The van der Waals surface area contributed by atoms with Crippen molar-refractivity contribution < 1.29 is 4.79 Å². The molecule has 3 rings (SSSR count). The number of aromatic nitrogens is 1. The second kappa shape index (κ2) is 6.44. The minimum Gasteiger partial charge on any atom is -0.333 e. The van der Waals surface area contributed by atoms with Gasteiger partial charge in [0, 0.05) is 23.5 Å². The lowest BCUT2D eigenvalue weighted by Crippen LogP contribution is -2.43. The van der Waals surface area contributed by atoms with Crippen LogP contribution >= 0.6 is 11.3 Å². The maximum absolute atomic E-state index is 13.0. The summed E-state index contributed by atoms with van der Waals surface area (Å²) in [7, 11) is 0. The molecule has 3 atom stereocenters. The summed E-state index contributed by atoms with van der Waals surface area (Å²) >= 11 is 1.70. The summed E-state index contributed by atoms with van der Waals surface area (Å²) < 4.78 is 0. The molecular weight excluding hydrogens is 282 g/mol. The molecule has 116 valence electrons. The summed E-state index contributed by atoms with van der Waals surface area (Å²) in [5, 5.41) is 3.20. The fourth-order valence-electron chi connectivity index (χ4n) is 3.83. The number of hydrogen-bond donors (Lipinski definition) is 1. The molecule has 0 aromatic carbocycles. The molecule has 1 aromatic rings. The predicted molar refractivity (Wildman–Crippen MR) is 85.0 cm³/mol. The van der Waals surface area contributed by atoms with Crippen LogP contribution < -0.4 is 5.73 Å². The molecular formula is C16H25N3OS. The first-order valence-corrected chi connectivity index (χ1v) is 9.01. The average Bonchev–Trinajstić information content (AvgIpc) is 3.15. The third-order valence-electron chi connectivity index (χ3n) is 4.99. The van der Waals surface area contributed by atoms with Crippen molar-refractivity contribution in [3.05, 3.63) is 16.1 Å². The molecule has 1 aromatic heterocycles. The van der Waals surface area contributed by atoms with Gasteiger partial charge in [0.15, 0.2) is 0 Å². The molecule has 1 aliphatic heterocycles. The van der Waals surface area contributed by atoms with E-state index in [4.69, 9.17) is 5.73 Å². The van der Waals surface area contributed by atoms with E-state index in [-0.39, 0.29) is 12.0 Å². The number of carbonyl (C=O) groups excluding carboxylic acids is 1. The average molecular weight is 307 g/mol. The SMILES string of the molecule is Cc1csc(C2CCCCN2C(=O)[C@@H]2CCC[C@@H]2CN)n1. The van der Waals surface area contributed by atoms with E-state index < -0.39 is 0 Å². The van der Waals surface area contributed by atoms with E-state index in [9.17, 15) is 4.79 Å². The van der Waals surface area contributed by atoms with E-state index in [2.05, 4.69) is 15.3 Å². The van der Waals surface area contributed by atoms with Crippen molar-refractivity contribution in [1.82, 2.24) is 9.88 Å². The van der Waals surface area contributed by atoms with Gasteiger partial charge in [-0.3, -0.25) is 4.79 Å². The molecule has 2 aliphatic rings. The Kier molecular flexibility index (Phi) is 4.60. The Morgan fingerprint density at radius 2 is 2.24 bits per heavy atom. The number of hydrogen-bond acceptors (Lipinski definition) is 4. The zero-order valence-electron chi connectivity index (χ0n) is 12.8. The summed E-state index contributed by atoms with van der Waals surface area (Å²) in [5.41, 5.74) is 6.92. The number of likely N-dealkylation sites (tertiary alicyclic amines) is 1. The van der Waals surface area contributed by atoms with E-state index in [0.29, 0.717) is 18.4 Å². The third kappa shape index (κ3) is 2.99. The van der Waals surface area contributed by atoms with Crippen LogP contribution in [-0.2, 0) is 4.79 Å². The molecule has 1 saturated heterocycles. The van der Waals surface area contributed by atoms with Crippen LogP contribution in [0, 0.1) is 18.8 Å². The van der Waals surface area contributed by atoms with Crippen LogP contribution in [0.3, 0.4) is 0 Å². The van der Waals surface area contributed by atoms with Gasteiger partial charge in [-0.1, -0.05) is 6.42 Å². The molecule has 2 fully saturated rings. The number of thiazole rings is 1. The Morgan fingerprint density at radius 3 is 2.95 bits per heavy atom. The normalized spacial score (nSPS) is 29.8. The Morgan fingerprint density at radius 1 is 1.38 bits per heavy atom. The van der Waals surface area contributed by atoms with Crippen molar-refractivity contribution in [2.45, 2.75) is 51.5 Å². The highest BCUT2D eigenvalue weighted by Crippen LogP contribution is 2.38. The first-order chi connectivity index (χ1) is 10.2. The zero-order valence-corrected chi connectivity index (χ0v) is 13.6. The molecule has 1 aliphatic carbocycles. The number of amides is 1. The fourth-order valence-corrected chi connectivity index (χ4v) is 4.78. The molecule has 1 amide bonds. The predicted octanol–water partition coefficient (Wildman–Crippen LogP) is 2.88. The van der Waals surface area contributed by atoms with Crippen LogP contribution in [0.15, 0.2) is 5.38 Å². The molecule has 2 N–H and O–H groups in total. The number of aryl methyl sites for hydroxylation is 1. The third-order valence-corrected chi connectivity index (χ3v) is 6.05. The number of piperidine rings is 1. The molecule has 1 unspecified atom stereocenters. The van der Waals surface area contributed by atoms with Gasteiger partial charge >= 0.3 is 0 Å². The van der Waals surface area contributed by atoms with Crippen molar-refractivity contribution in [3.8, 4) is 0 Å². The fraction of sp³-hybridized carbons (Fsp3) is 0.750. The van der Waals surface area contributed by atoms with Gasteiger partial charge in [-0.2, -0.15) is 0 Å². The van der Waals surface area contributed by atoms with Gasteiger partial charge in [-0.05, 0) is 51.5 Å². The second-order valence-electron chi connectivity index (χ2n) is 6.40. The summed E-state index contributed by atoms with van der Waals surface area (Å²) in [6.07, 6.45) is 6.64. The molecule has 21 heavy (non-hydrogen) atoms. The standard InChI is InChI=1S/C16H25N3OS/c1-11-10-21-15(18-11)14-7-2-3-8-19(14)16(20)13-6-4-5-12(13)9-17/h10,12-14H,2-9,17H2,1H3/t12-,13-,14?/m1/s1. The van der Waals surface area contributed by atoms with Gasteiger partial charge in [-0.15, -0.1) is 11.3 Å². The van der Waals surface area contributed by atoms with E-state index in [1.54, 1.807) is 11.3 Å². The van der Waals surface area contributed by atoms with Crippen molar-refractivity contribution in [2.24, 2.45) is 17.6 Å². The van der Waals surface area contributed by atoms with Crippen LogP contribution in [0.4, 0.5) is 0 Å². The Hall–Kier alpha value is -0.940. The molecule has 2 heterocycles. The highest BCUT2D eigenvalue weighted by atomic mass is 32.1. The lowest BCUT2D eigenvalue weighted by Gasteiger charge is -2.37. The van der Waals surface area contributed by atoms with E-state index in [0.717, 1.165) is 49.4 Å². The lowest BCUT2D eigenvalue weighted by atomic mass is 9.92. The summed E-state index contributed by atoms with van der Waals surface area (Å²) in [6, 6.07) is 0.198. The van der Waals surface area contributed by atoms with Crippen LogP contribution in [0.1, 0.15) is 55.3 Å². The highest BCUT2D eigenvalue weighted by Gasteiger charge is 2.38. The maximum atomic E-state index is 13.0. The molecule has 0 radical (unpaired) electrons. The number of nitrogens with two attached hydrogens (primary N) is 1. The molecule has 1 saturated carbocycles. The van der Waals surface area contributed by atoms with Crippen LogP contribution in [0.5, 0.6) is 0 Å². The van der Waals surface area contributed by atoms with Crippen LogP contribution in [0.25, 0.3) is 0 Å². The first-order valence-electron chi connectivity index (χ1n) is 8.13. The van der Waals surface area contributed by atoms with Crippen molar-refractivity contribution in [1.29, 1.82) is 0 Å². The van der Waals surface area contributed by atoms with Gasteiger partial charge in [0.25, 0.3) is 0 Å². The van der Waals surface area contributed by atoms with Crippen LogP contribution in [-0.4, -0.2) is 28.9 Å². The second-order valence-corrected chi connectivity index (χ2v) is 7.29. The first kappa shape index (κ1) is 15.0. The summed E-state index contributed by atoms with van der Waals surface area (Å²) in [4.78, 5) is 19.8. The Bertz CT molecular complexity index is 501. The monoisotopic (exact) mass is 307 g/mol. The Balaban J connectivity index is 1.79. The molecule has 0 bridgehead atoms. The number of carbonyl (C=O) groups is 1. The topological polar surface area (TPSA) is 59.2 Å². The van der Waals surface area contributed by atoms with E-state index in [1.807, 2.05) is 6.92 Å². The van der Waals surface area contributed by atoms with Gasteiger partial charge in [0.2, 0.25) is 5.91 Å². The highest BCUT2D eigenvalue weighted by molar-refractivity contribution is 7.09. The van der Waals surface area contributed by atoms with E-state index >= 15 is 0 Å². The number of nitrogens with zero attached hydrogens (tertiary/aromatic N) is 2. The van der Waals surface area contributed by atoms with Crippen molar-refractivity contribution >= 4 is 17.2 Å². The summed E-state index contributed by atoms with van der Waals surface area (Å²) in [6.45, 7) is 3.55. The Labute approximate surface area is 130 Å². The molecule has 5 heteroatoms. The van der Waals surface area contributed by atoms with E-state index in [1.165, 1.54) is 6.42 Å².